The van der Waals surface area contributed by atoms with Crippen LogP contribution in [-0.2, 0) is 4.79 Å². The molecule has 0 aromatic heterocycles. The van der Waals surface area contributed by atoms with Gasteiger partial charge in [-0.15, -0.1) is 0 Å². The molecule has 0 bridgehead atoms. The second-order valence-electron chi connectivity index (χ2n) is 5.57. The third-order valence-corrected chi connectivity index (χ3v) is 3.81. The number of amides is 1. The minimum Gasteiger partial charge on any atom is -0.483 e. The van der Waals surface area contributed by atoms with Crippen LogP contribution in [0, 0.1) is 0 Å². The normalized spacial score (nSPS) is 11.6. The van der Waals surface area contributed by atoms with Crippen molar-refractivity contribution in [2.45, 2.75) is 26.2 Å². The molecule has 1 amide bonds. The lowest BCUT2D eigenvalue weighted by atomic mass is 9.98. The molecule has 0 unspecified atom stereocenters. The molecule has 0 saturated carbocycles. The number of carbonyl (C=O) groups excluding carboxylic acids is 1. The van der Waals surface area contributed by atoms with Crippen LogP contribution in [0.25, 0.3) is 0 Å². The first-order chi connectivity index (χ1) is 11.5. The van der Waals surface area contributed by atoms with Crippen LogP contribution in [0.2, 0.25) is 0 Å². The van der Waals surface area contributed by atoms with Gasteiger partial charge < -0.3 is 15.2 Å². The van der Waals surface area contributed by atoms with E-state index >= 15 is 0 Å². The van der Waals surface area contributed by atoms with Crippen molar-refractivity contribution in [3.8, 4) is 5.75 Å². The number of para-hydroxylation sites is 1. The number of nitrogens with one attached hydrogen (secondary N) is 1. The fourth-order valence-electron chi connectivity index (χ4n) is 2.31. The first-order valence-electron chi connectivity index (χ1n) is 7.86. The Kier molecular flexibility index (Phi) is 5.95. The third kappa shape index (κ3) is 4.59. The SMILES string of the molecule is CC[C@@H](C)c1ccccc1OCC(=O)Nc1cccc(C(=O)O)c1. The van der Waals surface area contributed by atoms with Gasteiger partial charge in [0.05, 0.1) is 5.56 Å². The average Bonchev–Trinajstić information content (AvgIpc) is 2.59. The zero-order chi connectivity index (χ0) is 17.5. The number of carboxylic acid groups (broad SMARTS) is 1. The molecule has 0 heterocycles. The lowest BCUT2D eigenvalue weighted by molar-refractivity contribution is -0.118. The van der Waals surface area contributed by atoms with Crippen LogP contribution in [0.15, 0.2) is 48.5 Å². The van der Waals surface area contributed by atoms with Crippen molar-refractivity contribution in [3.63, 3.8) is 0 Å². The van der Waals surface area contributed by atoms with Crippen LogP contribution in [-0.4, -0.2) is 23.6 Å². The molecule has 5 heteroatoms. The highest BCUT2D eigenvalue weighted by Gasteiger charge is 2.11. The average molecular weight is 327 g/mol. The maximum atomic E-state index is 12.0. The van der Waals surface area contributed by atoms with Crippen molar-refractivity contribution < 1.29 is 19.4 Å². The summed E-state index contributed by atoms with van der Waals surface area (Å²) in [6.07, 6.45) is 0.981. The van der Waals surface area contributed by atoms with Crippen LogP contribution < -0.4 is 10.1 Å². The molecule has 24 heavy (non-hydrogen) atoms. The summed E-state index contributed by atoms with van der Waals surface area (Å²) >= 11 is 0. The fourth-order valence-corrected chi connectivity index (χ4v) is 2.31. The Hall–Kier alpha value is -2.82. The number of aromatic carboxylic acids is 1. The Morgan fingerprint density at radius 2 is 1.92 bits per heavy atom. The number of hydrogen-bond acceptors (Lipinski definition) is 3. The quantitative estimate of drug-likeness (QED) is 0.808. The van der Waals surface area contributed by atoms with Gasteiger partial charge in [-0.25, -0.2) is 4.79 Å². The van der Waals surface area contributed by atoms with Crippen LogP contribution in [0.4, 0.5) is 5.69 Å². The summed E-state index contributed by atoms with van der Waals surface area (Å²) in [5.74, 6) is -0.334. The molecule has 0 saturated heterocycles. The van der Waals surface area contributed by atoms with Crippen molar-refractivity contribution in [1.29, 1.82) is 0 Å². The number of ether oxygens (including phenoxy) is 1. The summed E-state index contributed by atoms with van der Waals surface area (Å²) in [5, 5.41) is 11.6. The van der Waals surface area contributed by atoms with E-state index in [0.29, 0.717) is 17.4 Å². The van der Waals surface area contributed by atoms with E-state index in [2.05, 4.69) is 19.2 Å². The molecule has 2 aromatic rings. The monoisotopic (exact) mass is 327 g/mol. The standard InChI is InChI=1S/C19H21NO4/c1-3-13(2)16-9-4-5-10-17(16)24-12-18(21)20-15-8-6-7-14(11-15)19(22)23/h4-11,13H,3,12H2,1-2H3,(H,20,21)(H,22,23)/t13-/m1/s1. The van der Waals surface area contributed by atoms with E-state index < -0.39 is 5.97 Å². The molecular weight excluding hydrogens is 306 g/mol. The number of carbonyl (C=O) groups is 2. The van der Waals surface area contributed by atoms with Crippen LogP contribution in [0.3, 0.4) is 0 Å². The Labute approximate surface area is 141 Å². The summed E-state index contributed by atoms with van der Waals surface area (Å²) in [7, 11) is 0. The minimum atomic E-state index is -1.04. The summed E-state index contributed by atoms with van der Waals surface area (Å²) in [5.41, 5.74) is 1.62. The molecule has 0 aliphatic heterocycles. The van der Waals surface area contributed by atoms with Crippen molar-refractivity contribution in [2.24, 2.45) is 0 Å². The third-order valence-electron chi connectivity index (χ3n) is 3.81. The molecule has 0 fully saturated rings. The van der Waals surface area contributed by atoms with Gasteiger partial charge in [-0.1, -0.05) is 38.1 Å². The van der Waals surface area contributed by atoms with Gasteiger partial charge >= 0.3 is 5.97 Å². The Balaban J connectivity index is 1.99. The van der Waals surface area contributed by atoms with E-state index in [1.807, 2.05) is 24.3 Å². The number of rotatable bonds is 7. The van der Waals surface area contributed by atoms with Crippen LogP contribution in [0.5, 0.6) is 5.75 Å². The van der Waals surface area contributed by atoms with Crippen molar-refractivity contribution >= 4 is 17.6 Å². The Morgan fingerprint density at radius 3 is 2.62 bits per heavy atom. The predicted molar refractivity (Wildman–Crippen MR) is 92.7 cm³/mol. The van der Waals surface area contributed by atoms with Gasteiger partial charge in [0.2, 0.25) is 0 Å². The van der Waals surface area contributed by atoms with Crippen molar-refractivity contribution in [3.05, 3.63) is 59.7 Å². The van der Waals surface area contributed by atoms with Crippen LogP contribution in [0.1, 0.15) is 42.1 Å². The number of benzene rings is 2. The van der Waals surface area contributed by atoms with Crippen molar-refractivity contribution in [1.82, 2.24) is 0 Å². The molecule has 0 radical (unpaired) electrons. The van der Waals surface area contributed by atoms with Gasteiger partial charge in [0.25, 0.3) is 5.91 Å². The van der Waals surface area contributed by atoms with E-state index in [9.17, 15) is 9.59 Å². The largest absolute Gasteiger partial charge is 0.483 e. The second kappa shape index (κ2) is 8.15. The molecule has 2 rings (SSSR count). The zero-order valence-electron chi connectivity index (χ0n) is 13.8. The number of anilines is 1. The molecule has 2 aromatic carbocycles. The Morgan fingerprint density at radius 1 is 1.17 bits per heavy atom. The summed E-state index contributed by atoms with van der Waals surface area (Å²) < 4.78 is 5.64. The van der Waals surface area contributed by atoms with Gasteiger partial charge in [0.15, 0.2) is 6.61 Å². The van der Waals surface area contributed by atoms with Crippen molar-refractivity contribution in [2.75, 3.05) is 11.9 Å². The molecule has 0 spiro atoms. The summed E-state index contributed by atoms with van der Waals surface area (Å²) in [6.45, 7) is 4.08. The summed E-state index contributed by atoms with van der Waals surface area (Å²) in [6, 6.07) is 13.8. The zero-order valence-corrected chi connectivity index (χ0v) is 13.8. The maximum absolute atomic E-state index is 12.0. The van der Waals surface area contributed by atoms with E-state index in [0.717, 1.165) is 12.0 Å². The van der Waals surface area contributed by atoms with Gasteiger partial charge in [0, 0.05) is 5.69 Å². The van der Waals surface area contributed by atoms with Crippen LogP contribution >= 0.6 is 0 Å². The smallest absolute Gasteiger partial charge is 0.335 e. The predicted octanol–water partition coefficient (Wildman–Crippen LogP) is 3.92. The molecule has 0 aliphatic carbocycles. The van der Waals surface area contributed by atoms with E-state index in [-0.39, 0.29) is 18.1 Å². The lowest BCUT2D eigenvalue weighted by Gasteiger charge is -2.15. The number of hydrogen-bond donors (Lipinski definition) is 2. The topological polar surface area (TPSA) is 75.6 Å². The van der Waals surface area contributed by atoms with Gasteiger partial charge in [-0.05, 0) is 42.2 Å². The van der Waals surface area contributed by atoms with Gasteiger partial charge in [-0.3, -0.25) is 4.79 Å². The second-order valence-corrected chi connectivity index (χ2v) is 5.57. The molecule has 2 N–H and O–H groups in total. The van der Waals surface area contributed by atoms with Gasteiger partial charge in [-0.2, -0.15) is 0 Å². The van der Waals surface area contributed by atoms with E-state index in [4.69, 9.17) is 9.84 Å². The summed E-state index contributed by atoms with van der Waals surface area (Å²) in [4.78, 5) is 23.0. The molecule has 126 valence electrons. The molecule has 0 aliphatic rings. The molecular formula is C19H21NO4. The number of carboxylic acids is 1. The Bertz CT molecular complexity index is 727. The lowest BCUT2D eigenvalue weighted by Crippen LogP contribution is -2.20. The molecule has 1 atom stereocenters. The first kappa shape index (κ1) is 17.5. The van der Waals surface area contributed by atoms with Gasteiger partial charge in [0.1, 0.15) is 5.75 Å². The maximum Gasteiger partial charge on any atom is 0.335 e. The molecule has 5 nitrogen and oxygen atoms in total. The highest BCUT2D eigenvalue weighted by atomic mass is 16.5. The van der Waals surface area contributed by atoms with E-state index in [1.165, 1.54) is 12.1 Å². The fraction of sp³-hybridized carbons (Fsp3) is 0.263. The van der Waals surface area contributed by atoms with E-state index in [1.54, 1.807) is 12.1 Å². The first-order valence-corrected chi connectivity index (χ1v) is 7.86. The minimum absolute atomic E-state index is 0.121. The highest BCUT2D eigenvalue weighted by molar-refractivity contribution is 5.94. The highest BCUT2D eigenvalue weighted by Crippen LogP contribution is 2.28.